The standard InChI is InChI=1S/C11H19F3O3/c1-2-3-4-5-6-9(15)8(10(16)17)7-11(12,13)14/h8-9,15H,2-7H2,1H3,(H,16,17). The topological polar surface area (TPSA) is 57.5 Å². The first-order valence-electron chi connectivity index (χ1n) is 5.75. The summed E-state index contributed by atoms with van der Waals surface area (Å²) in [5.41, 5.74) is 0. The third-order valence-corrected chi connectivity index (χ3v) is 2.59. The van der Waals surface area contributed by atoms with E-state index >= 15 is 0 Å². The van der Waals surface area contributed by atoms with E-state index in [4.69, 9.17) is 5.11 Å². The Morgan fingerprint density at radius 2 is 1.82 bits per heavy atom. The van der Waals surface area contributed by atoms with Gasteiger partial charge in [-0.05, 0) is 6.42 Å². The minimum Gasteiger partial charge on any atom is -0.481 e. The van der Waals surface area contributed by atoms with Gasteiger partial charge in [-0.15, -0.1) is 0 Å². The monoisotopic (exact) mass is 256 g/mol. The summed E-state index contributed by atoms with van der Waals surface area (Å²) in [6.07, 6.45) is -4.10. The van der Waals surface area contributed by atoms with Crippen LogP contribution in [0.1, 0.15) is 45.4 Å². The second-order valence-electron chi connectivity index (χ2n) is 4.18. The Balaban J connectivity index is 4.16. The fourth-order valence-corrected chi connectivity index (χ4v) is 1.62. The third kappa shape index (κ3) is 8.01. The predicted molar refractivity (Wildman–Crippen MR) is 56.6 cm³/mol. The molecule has 0 rings (SSSR count). The molecule has 0 fully saturated rings. The molecule has 0 aliphatic carbocycles. The van der Waals surface area contributed by atoms with Crippen LogP contribution >= 0.6 is 0 Å². The van der Waals surface area contributed by atoms with Gasteiger partial charge in [-0.1, -0.05) is 32.6 Å². The van der Waals surface area contributed by atoms with Crippen LogP contribution in [0.25, 0.3) is 0 Å². The molecule has 0 aromatic carbocycles. The van der Waals surface area contributed by atoms with Crippen LogP contribution in [0.4, 0.5) is 13.2 Å². The number of aliphatic hydroxyl groups excluding tert-OH is 1. The molecule has 0 saturated heterocycles. The van der Waals surface area contributed by atoms with Crippen molar-refractivity contribution in [3.05, 3.63) is 0 Å². The fourth-order valence-electron chi connectivity index (χ4n) is 1.62. The van der Waals surface area contributed by atoms with Gasteiger partial charge in [0.05, 0.1) is 18.4 Å². The van der Waals surface area contributed by atoms with Crippen LogP contribution < -0.4 is 0 Å². The summed E-state index contributed by atoms with van der Waals surface area (Å²) in [5.74, 6) is -3.35. The number of carboxylic acids is 1. The van der Waals surface area contributed by atoms with Crippen LogP contribution in [0.5, 0.6) is 0 Å². The molecule has 0 radical (unpaired) electrons. The van der Waals surface area contributed by atoms with E-state index in [1.807, 2.05) is 6.92 Å². The number of alkyl halides is 3. The van der Waals surface area contributed by atoms with Gasteiger partial charge in [0.1, 0.15) is 0 Å². The highest BCUT2D eigenvalue weighted by Crippen LogP contribution is 2.28. The van der Waals surface area contributed by atoms with Crippen molar-refractivity contribution in [1.29, 1.82) is 0 Å². The number of aliphatic hydroxyl groups is 1. The molecular formula is C11H19F3O3. The molecule has 2 atom stereocenters. The molecule has 2 unspecified atom stereocenters. The van der Waals surface area contributed by atoms with Gasteiger partial charge in [-0.25, -0.2) is 0 Å². The van der Waals surface area contributed by atoms with Gasteiger partial charge in [0.25, 0.3) is 0 Å². The molecule has 0 saturated carbocycles. The Labute approximate surface area is 98.6 Å². The lowest BCUT2D eigenvalue weighted by Gasteiger charge is -2.20. The van der Waals surface area contributed by atoms with Gasteiger partial charge < -0.3 is 10.2 Å². The molecule has 2 N–H and O–H groups in total. The van der Waals surface area contributed by atoms with Gasteiger partial charge in [0, 0.05) is 0 Å². The lowest BCUT2D eigenvalue weighted by atomic mass is 9.94. The highest BCUT2D eigenvalue weighted by molar-refractivity contribution is 5.70. The maximum Gasteiger partial charge on any atom is 0.390 e. The number of hydrogen-bond acceptors (Lipinski definition) is 2. The number of rotatable bonds is 8. The van der Waals surface area contributed by atoms with Crippen LogP contribution in [0, 0.1) is 5.92 Å². The van der Waals surface area contributed by atoms with E-state index in [9.17, 15) is 23.1 Å². The van der Waals surface area contributed by atoms with E-state index in [0.717, 1.165) is 19.3 Å². The second kappa shape index (κ2) is 7.53. The predicted octanol–water partition coefficient (Wildman–Crippen LogP) is 2.97. The smallest absolute Gasteiger partial charge is 0.390 e. The number of hydrogen-bond donors (Lipinski definition) is 2. The number of unbranched alkanes of at least 4 members (excludes halogenated alkanes) is 3. The van der Waals surface area contributed by atoms with Crippen molar-refractivity contribution < 1.29 is 28.2 Å². The van der Waals surface area contributed by atoms with E-state index in [-0.39, 0.29) is 6.42 Å². The van der Waals surface area contributed by atoms with Crippen molar-refractivity contribution >= 4 is 5.97 Å². The summed E-state index contributed by atoms with van der Waals surface area (Å²) in [4.78, 5) is 10.6. The Hall–Kier alpha value is -0.780. The van der Waals surface area contributed by atoms with E-state index in [1.54, 1.807) is 0 Å². The molecule has 0 aromatic heterocycles. The molecule has 6 heteroatoms. The van der Waals surface area contributed by atoms with Crippen LogP contribution in [-0.4, -0.2) is 28.5 Å². The van der Waals surface area contributed by atoms with Crippen molar-refractivity contribution in [1.82, 2.24) is 0 Å². The molecule has 0 aromatic rings. The molecule has 102 valence electrons. The first-order chi connectivity index (χ1) is 7.78. The molecule has 0 spiro atoms. The zero-order valence-corrected chi connectivity index (χ0v) is 9.83. The maximum atomic E-state index is 12.1. The van der Waals surface area contributed by atoms with Gasteiger partial charge in [-0.3, -0.25) is 4.79 Å². The highest BCUT2D eigenvalue weighted by atomic mass is 19.4. The molecular weight excluding hydrogens is 237 g/mol. The molecule has 17 heavy (non-hydrogen) atoms. The van der Waals surface area contributed by atoms with E-state index in [2.05, 4.69) is 0 Å². The quantitative estimate of drug-likeness (QED) is 0.656. The molecule has 0 heterocycles. The van der Waals surface area contributed by atoms with Crippen molar-refractivity contribution in [2.75, 3.05) is 0 Å². The minimum absolute atomic E-state index is 0.104. The Morgan fingerprint density at radius 3 is 2.24 bits per heavy atom. The van der Waals surface area contributed by atoms with Crippen LogP contribution in [0.2, 0.25) is 0 Å². The Kier molecular flexibility index (Phi) is 7.18. The normalized spacial score (nSPS) is 15.6. The van der Waals surface area contributed by atoms with E-state index in [0.29, 0.717) is 6.42 Å². The van der Waals surface area contributed by atoms with Crippen molar-refractivity contribution in [2.45, 2.75) is 57.7 Å². The zero-order chi connectivity index (χ0) is 13.5. The third-order valence-electron chi connectivity index (χ3n) is 2.59. The summed E-state index contributed by atoms with van der Waals surface area (Å²) in [5, 5.41) is 18.1. The van der Waals surface area contributed by atoms with Gasteiger partial charge >= 0.3 is 12.1 Å². The minimum atomic E-state index is -4.56. The van der Waals surface area contributed by atoms with Gasteiger partial charge in [-0.2, -0.15) is 13.2 Å². The van der Waals surface area contributed by atoms with Crippen LogP contribution in [0.15, 0.2) is 0 Å². The van der Waals surface area contributed by atoms with E-state index in [1.165, 1.54) is 0 Å². The van der Waals surface area contributed by atoms with E-state index < -0.39 is 30.6 Å². The van der Waals surface area contributed by atoms with Crippen LogP contribution in [-0.2, 0) is 4.79 Å². The first kappa shape index (κ1) is 16.2. The van der Waals surface area contributed by atoms with Gasteiger partial charge in [0.15, 0.2) is 0 Å². The molecule has 0 aliphatic heterocycles. The second-order valence-corrected chi connectivity index (χ2v) is 4.18. The number of carboxylic acid groups (broad SMARTS) is 1. The average Bonchev–Trinajstić information content (AvgIpc) is 2.19. The zero-order valence-electron chi connectivity index (χ0n) is 9.83. The van der Waals surface area contributed by atoms with Gasteiger partial charge in [0.2, 0.25) is 0 Å². The molecule has 0 amide bonds. The lowest BCUT2D eigenvalue weighted by molar-refractivity contribution is -0.172. The SMILES string of the molecule is CCCCCCC(O)C(CC(F)(F)F)C(=O)O. The summed E-state index contributed by atoms with van der Waals surface area (Å²) in [7, 11) is 0. The fraction of sp³-hybridized carbons (Fsp3) is 0.909. The van der Waals surface area contributed by atoms with Crippen molar-refractivity contribution in [3.8, 4) is 0 Å². The summed E-state index contributed by atoms with van der Waals surface area (Å²) in [6.45, 7) is 1.99. The number of halogens is 3. The molecule has 0 aliphatic rings. The lowest BCUT2D eigenvalue weighted by Crippen LogP contribution is -2.32. The largest absolute Gasteiger partial charge is 0.481 e. The number of carbonyl (C=O) groups is 1. The molecule has 0 bridgehead atoms. The Bertz CT molecular complexity index is 228. The summed E-state index contributed by atoms with van der Waals surface area (Å²) >= 11 is 0. The number of aliphatic carboxylic acids is 1. The molecule has 3 nitrogen and oxygen atoms in total. The highest BCUT2D eigenvalue weighted by Gasteiger charge is 2.38. The first-order valence-corrected chi connectivity index (χ1v) is 5.75. The van der Waals surface area contributed by atoms with Crippen LogP contribution in [0.3, 0.4) is 0 Å². The maximum absolute atomic E-state index is 12.1. The van der Waals surface area contributed by atoms with Crippen molar-refractivity contribution in [2.24, 2.45) is 5.92 Å². The Morgan fingerprint density at radius 1 is 1.24 bits per heavy atom. The van der Waals surface area contributed by atoms with Crippen molar-refractivity contribution in [3.63, 3.8) is 0 Å². The summed E-state index contributed by atoms with van der Waals surface area (Å²) in [6, 6.07) is 0. The summed E-state index contributed by atoms with van der Waals surface area (Å²) < 4.78 is 36.3. The average molecular weight is 256 g/mol.